The topological polar surface area (TPSA) is 15.3 Å². The smallest absolute Gasteiger partial charge is 0.0299 e. The Morgan fingerprint density at radius 3 is 2.83 bits per heavy atom. The highest BCUT2D eigenvalue weighted by atomic mass is 32.1. The van der Waals surface area contributed by atoms with E-state index >= 15 is 0 Å². The van der Waals surface area contributed by atoms with Crippen LogP contribution in [0.1, 0.15) is 42.5 Å². The second-order valence-electron chi connectivity index (χ2n) is 6.20. The zero-order valence-corrected chi connectivity index (χ0v) is 13.0. The number of nitrogens with one attached hydrogen (secondary N) is 1. The molecule has 1 aliphatic heterocycles. The van der Waals surface area contributed by atoms with Crippen molar-refractivity contribution in [3.63, 3.8) is 0 Å². The molecule has 1 saturated heterocycles. The summed E-state index contributed by atoms with van der Waals surface area (Å²) in [5, 5.41) is 3.41. The van der Waals surface area contributed by atoms with Gasteiger partial charge >= 0.3 is 0 Å². The van der Waals surface area contributed by atoms with Gasteiger partial charge in [0.05, 0.1) is 0 Å². The van der Waals surface area contributed by atoms with Crippen LogP contribution < -0.4 is 5.32 Å². The number of nitrogens with zero attached hydrogens (tertiary/aromatic N) is 1. The third-order valence-electron chi connectivity index (χ3n) is 3.77. The minimum atomic E-state index is 0.510. The first-order valence-electron chi connectivity index (χ1n) is 7.01. The lowest BCUT2D eigenvalue weighted by molar-refractivity contribution is 0.284. The van der Waals surface area contributed by atoms with Crippen LogP contribution >= 0.6 is 11.3 Å². The minimum Gasteiger partial charge on any atom is -0.312 e. The summed E-state index contributed by atoms with van der Waals surface area (Å²) in [5.41, 5.74) is 2.04. The molecule has 0 saturated carbocycles. The Kier molecular flexibility index (Phi) is 4.46. The van der Waals surface area contributed by atoms with E-state index in [2.05, 4.69) is 44.0 Å². The van der Waals surface area contributed by atoms with Crippen LogP contribution in [0.25, 0.3) is 0 Å². The largest absolute Gasteiger partial charge is 0.312 e. The van der Waals surface area contributed by atoms with Crippen molar-refractivity contribution in [3.8, 4) is 0 Å². The number of thiophene rings is 1. The minimum absolute atomic E-state index is 0.510. The average molecular weight is 266 g/mol. The number of aryl methyl sites for hydroxylation is 1. The van der Waals surface area contributed by atoms with Gasteiger partial charge in [-0.1, -0.05) is 20.8 Å². The predicted molar refractivity (Wildman–Crippen MR) is 80.1 cm³/mol. The fourth-order valence-corrected chi connectivity index (χ4v) is 3.70. The summed E-state index contributed by atoms with van der Waals surface area (Å²) in [7, 11) is 0. The molecule has 0 atom stereocenters. The van der Waals surface area contributed by atoms with Crippen molar-refractivity contribution in [2.45, 2.75) is 47.2 Å². The molecule has 102 valence electrons. The number of hydrogen-bond acceptors (Lipinski definition) is 3. The maximum atomic E-state index is 3.41. The zero-order valence-electron chi connectivity index (χ0n) is 12.2. The monoisotopic (exact) mass is 266 g/mol. The van der Waals surface area contributed by atoms with Gasteiger partial charge < -0.3 is 5.32 Å². The molecule has 1 aliphatic rings. The summed E-state index contributed by atoms with van der Waals surface area (Å²) in [6.45, 7) is 14.9. The third kappa shape index (κ3) is 3.56. The van der Waals surface area contributed by atoms with Gasteiger partial charge in [-0.25, -0.2) is 0 Å². The van der Waals surface area contributed by atoms with Crippen LogP contribution in [0.2, 0.25) is 0 Å². The Hall–Kier alpha value is -0.380. The molecular formula is C15H26N2S. The van der Waals surface area contributed by atoms with Crippen LogP contribution in [0.5, 0.6) is 0 Å². The Morgan fingerprint density at radius 2 is 2.22 bits per heavy atom. The Labute approximate surface area is 115 Å². The molecule has 1 aromatic heterocycles. The molecule has 18 heavy (non-hydrogen) atoms. The van der Waals surface area contributed by atoms with Gasteiger partial charge in [0.25, 0.3) is 0 Å². The molecule has 0 radical (unpaired) electrons. The molecule has 0 aliphatic carbocycles. The van der Waals surface area contributed by atoms with Gasteiger partial charge in [-0.15, -0.1) is 11.3 Å². The van der Waals surface area contributed by atoms with Crippen molar-refractivity contribution >= 4 is 11.3 Å². The van der Waals surface area contributed by atoms with Crippen molar-refractivity contribution < 1.29 is 0 Å². The lowest BCUT2D eigenvalue weighted by Gasteiger charge is -2.19. The number of likely N-dealkylation sites (tertiary alicyclic amines) is 1. The predicted octanol–water partition coefficient (Wildman–Crippen LogP) is 3.40. The normalized spacial score (nSPS) is 19.6. The van der Waals surface area contributed by atoms with Crippen molar-refractivity contribution in [1.82, 2.24) is 10.2 Å². The van der Waals surface area contributed by atoms with E-state index in [1.54, 1.807) is 0 Å². The maximum absolute atomic E-state index is 3.41. The van der Waals surface area contributed by atoms with Crippen molar-refractivity contribution in [2.24, 2.45) is 5.41 Å². The lowest BCUT2D eigenvalue weighted by Crippen LogP contribution is -2.22. The summed E-state index contributed by atoms with van der Waals surface area (Å²) in [6, 6.07) is 2.40. The Bertz CT molecular complexity index is 395. The molecular weight excluding hydrogens is 240 g/mol. The molecule has 2 heterocycles. The van der Waals surface area contributed by atoms with E-state index in [0.29, 0.717) is 5.41 Å². The molecule has 2 nitrogen and oxygen atoms in total. The van der Waals surface area contributed by atoms with Gasteiger partial charge in [0.2, 0.25) is 0 Å². The quantitative estimate of drug-likeness (QED) is 0.879. The first-order valence-corrected chi connectivity index (χ1v) is 7.83. The summed E-state index contributed by atoms with van der Waals surface area (Å²) in [5.74, 6) is 0. The highest BCUT2D eigenvalue weighted by molar-refractivity contribution is 7.12. The van der Waals surface area contributed by atoms with E-state index in [9.17, 15) is 0 Å². The summed E-state index contributed by atoms with van der Waals surface area (Å²) in [6.07, 6.45) is 1.33. The van der Waals surface area contributed by atoms with Crippen molar-refractivity contribution in [3.05, 3.63) is 21.4 Å². The fraction of sp³-hybridized carbons (Fsp3) is 0.733. The van der Waals surface area contributed by atoms with E-state index < -0.39 is 0 Å². The molecule has 0 unspecified atom stereocenters. The van der Waals surface area contributed by atoms with Crippen LogP contribution in [-0.4, -0.2) is 24.5 Å². The van der Waals surface area contributed by atoms with Gasteiger partial charge in [-0.3, -0.25) is 4.90 Å². The van der Waals surface area contributed by atoms with Gasteiger partial charge in [-0.05, 0) is 43.5 Å². The van der Waals surface area contributed by atoms with Crippen molar-refractivity contribution in [1.29, 1.82) is 0 Å². The number of hydrogen-bond donors (Lipinski definition) is 1. The maximum Gasteiger partial charge on any atom is 0.0299 e. The fourth-order valence-electron chi connectivity index (χ4n) is 2.68. The van der Waals surface area contributed by atoms with Gasteiger partial charge in [0.1, 0.15) is 0 Å². The van der Waals surface area contributed by atoms with Crippen LogP contribution in [0.15, 0.2) is 6.07 Å². The molecule has 0 amide bonds. The summed E-state index contributed by atoms with van der Waals surface area (Å²) < 4.78 is 0. The van der Waals surface area contributed by atoms with Gasteiger partial charge in [-0.2, -0.15) is 0 Å². The Morgan fingerprint density at radius 1 is 1.44 bits per heavy atom. The van der Waals surface area contributed by atoms with Crippen LogP contribution in [0.3, 0.4) is 0 Å². The van der Waals surface area contributed by atoms with E-state index in [1.165, 1.54) is 34.8 Å². The molecule has 0 spiro atoms. The molecule has 3 heteroatoms. The Balaban J connectivity index is 1.95. The van der Waals surface area contributed by atoms with E-state index in [0.717, 1.165) is 19.6 Å². The van der Waals surface area contributed by atoms with E-state index in [4.69, 9.17) is 0 Å². The molecule has 1 N–H and O–H groups in total. The van der Waals surface area contributed by atoms with E-state index in [-0.39, 0.29) is 0 Å². The van der Waals surface area contributed by atoms with E-state index in [1.807, 2.05) is 11.3 Å². The second kappa shape index (κ2) is 5.72. The summed E-state index contributed by atoms with van der Waals surface area (Å²) >= 11 is 1.95. The first kappa shape index (κ1) is 14.0. The molecule has 2 rings (SSSR count). The van der Waals surface area contributed by atoms with Crippen molar-refractivity contribution in [2.75, 3.05) is 19.6 Å². The lowest BCUT2D eigenvalue weighted by atomic mass is 9.93. The summed E-state index contributed by atoms with van der Waals surface area (Å²) in [4.78, 5) is 5.57. The zero-order chi connectivity index (χ0) is 13.2. The standard InChI is InChI=1S/C15H26N2S/c1-5-16-9-14-8-13(12(2)18-14)10-17-7-6-15(3,4)11-17/h8,16H,5-7,9-11H2,1-4H3. The molecule has 0 bridgehead atoms. The molecule has 1 fully saturated rings. The van der Waals surface area contributed by atoms with Gasteiger partial charge in [0, 0.05) is 29.4 Å². The SMILES string of the molecule is CCNCc1cc(CN2CCC(C)(C)C2)c(C)s1. The number of rotatable bonds is 5. The third-order valence-corrected chi connectivity index (χ3v) is 4.86. The highest BCUT2D eigenvalue weighted by Crippen LogP contribution is 2.31. The van der Waals surface area contributed by atoms with Crippen LogP contribution in [-0.2, 0) is 13.1 Å². The average Bonchev–Trinajstić information content (AvgIpc) is 2.80. The van der Waals surface area contributed by atoms with Crippen LogP contribution in [0, 0.1) is 12.3 Å². The highest BCUT2D eigenvalue weighted by Gasteiger charge is 2.29. The second-order valence-corrected chi connectivity index (χ2v) is 7.54. The molecule has 0 aromatic carbocycles. The van der Waals surface area contributed by atoms with Gasteiger partial charge in [0.15, 0.2) is 0 Å². The van der Waals surface area contributed by atoms with Crippen LogP contribution in [0.4, 0.5) is 0 Å². The first-order chi connectivity index (χ1) is 8.50. The molecule has 1 aromatic rings.